The maximum Gasteiger partial charge on any atom is 0.243 e. The van der Waals surface area contributed by atoms with Crippen molar-refractivity contribution in [2.24, 2.45) is 0 Å². The van der Waals surface area contributed by atoms with Gasteiger partial charge in [0.15, 0.2) is 5.82 Å². The summed E-state index contributed by atoms with van der Waals surface area (Å²) in [6.45, 7) is 0.580. The molecule has 194 valence electrons. The van der Waals surface area contributed by atoms with E-state index in [4.69, 9.17) is 11.6 Å². The number of anilines is 3. The van der Waals surface area contributed by atoms with Gasteiger partial charge in [0, 0.05) is 31.7 Å². The molecule has 0 fully saturated rings. The van der Waals surface area contributed by atoms with Gasteiger partial charge < -0.3 is 10.6 Å². The maximum absolute atomic E-state index is 14.1. The Balaban J connectivity index is 1.47. The predicted molar refractivity (Wildman–Crippen MR) is 138 cm³/mol. The molecule has 10 nitrogen and oxygen atoms in total. The van der Waals surface area contributed by atoms with Crippen molar-refractivity contribution in [1.82, 2.24) is 19.4 Å². The molecule has 0 unspecified atom stereocenters. The lowest BCUT2D eigenvalue weighted by molar-refractivity contribution is 0.557. The molecule has 2 aromatic carbocycles. The number of fused-ring (bicyclic) bond motifs is 4. The lowest BCUT2D eigenvalue weighted by Crippen LogP contribution is -2.26. The number of hydrogen-bond donors (Lipinski definition) is 4. The van der Waals surface area contributed by atoms with Gasteiger partial charge in [0.2, 0.25) is 26.0 Å². The summed E-state index contributed by atoms with van der Waals surface area (Å²) in [6.07, 6.45) is 2.13. The van der Waals surface area contributed by atoms with Gasteiger partial charge in [-0.1, -0.05) is 35.6 Å². The minimum atomic E-state index is -4.09. The average molecular weight is 565 g/mol. The number of halogens is 2. The number of rotatable bonds is 4. The molecule has 3 aromatic rings. The van der Waals surface area contributed by atoms with Gasteiger partial charge in [0.05, 0.1) is 21.7 Å². The number of nitrogens with one attached hydrogen (secondary N) is 4. The smallest absolute Gasteiger partial charge is 0.243 e. The molecule has 14 heteroatoms. The van der Waals surface area contributed by atoms with E-state index in [1.807, 2.05) is 0 Å². The van der Waals surface area contributed by atoms with Gasteiger partial charge >= 0.3 is 0 Å². The van der Waals surface area contributed by atoms with Crippen molar-refractivity contribution < 1.29 is 21.2 Å². The van der Waals surface area contributed by atoms with E-state index < -0.39 is 30.8 Å². The van der Waals surface area contributed by atoms with E-state index in [1.165, 1.54) is 30.5 Å². The van der Waals surface area contributed by atoms with Crippen molar-refractivity contribution in [3.05, 3.63) is 65.1 Å². The first kappa shape index (κ1) is 26.8. The van der Waals surface area contributed by atoms with Gasteiger partial charge in [-0.15, -0.1) is 0 Å². The molecule has 4 bridgehead atoms. The fraction of sp³-hybridized carbons (Fsp3) is 0.217. The fourth-order valence-corrected chi connectivity index (χ4v) is 5.78. The SMILES string of the molecule is O=S1(=O)NCCCNc2nc(ncc2C#CCCNS(=O)(=O)c2cccc(Cl)c2F)Nc2cccc1c2. The third-order valence-electron chi connectivity index (χ3n) is 5.10. The zero-order chi connectivity index (χ0) is 26.5. The maximum atomic E-state index is 14.1. The summed E-state index contributed by atoms with van der Waals surface area (Å²) in [5.41, 5.74) is 0.967. The number of benzene rings is 2. The van der Waals surface area contributed by atoms with Gasteiger partial charge in [0.25, 0.3) is 0 Å². The molecule has 1 aliphatic rings. The van der Waals surface area contributed by atoms with E-state index in [1.54, 1.807) is 12.1 Å². The van der Waals surface area contributed by atoms with Gasteiger partial charge in [-0.05, 0) is 36.8 Å². The Morgan fingerprint density at radius 2 is 1.97 bits per heavy atom. The Morgan fingerprint density at radius 3 is 2.81 bits per heavy atom. The van der Waals surface area contributed by atoms with Crippen LogP contribution in [-0.2, 0) is 20.0 Å². The average Bonchev–Trinajstić information content (AvgIpc) is 2.86. The van der Waals surface area contributed by atoms with Crippen LogP contribution in [0.3, 0.4) is 0 Å². The Bertz CT molecular complexity index is 1590. The second-order valence-corrected chi connectivity index (χ2v) is 11.7. The molecule has 4 rings (SSSR count). The number of hydrogen-bond acceptors (Lipinski definition) is 8. The van der Waals surface area contributed by atoms with E-state index in [-0.39, 0.29) is 35.4 Å². The first-order valence-electron chi connectivity index (χ1n) is 11.1. The third kappa shape index (κ3) is 6.73. The number of nitrogens with zero attached hydrogens (tertiary/aromatic N) is 2. The van der Waals surface area contributed by atoms with Crippen molar-refractivity contribution in [3.8, 4) is 11.8 Å². The minimum Gasteiger partial charge on any atom is -0.369 e. The molecule has 0 atom stereocenters. The monoisotopic (exact) mass is 564 g/mol. The van der Waals surface area contributed by atoms with E-state index in [9.17, 15) is 21.2 Å². The summed E-state index contributed by atoms with van der Waals surface area (Å²) in [5.74, 6) is 5.42. The topological polar surface area (TPSA) is 142 Å². The van der Waals surface area contributed by atoms with Crippen molar-refractivity contribution in [1.29, 1.82) is 0 Å². The van der Waals surface area contributed by atoms with Crippen LogP contribution in [0.15, 0.2) is 58.5 Å². The molecule has 1 aliphatic heterocycles. The first-order valence-corrected chi connectivity index (χ1v) is 14.4. The van der Waals surface area contributed by atoms with Gasteiger partial charge in [-0.25, -0.2) is 35.7 Å². The lowest BCUT2D eigenvalue weighted by Gasteiger charge is -2.10. The predicted octanol–water partition coefficient (Wildman–Crippen LogP) is 2.83. The van der Waals surface area contributed by atoms with Crippen molar-refractivity contribution in [2.75, 3.05) is 30.3 Å². The van der Waals surface area contributed by atoms with E-state index >= 15 is 0 Å². The van der Waals surface area contributed by atoms with Crippen LogP contribution in [-0.4, -0.2) is 46.4 Å². The second-order valence-electron chi connectivity index (χ2n) is 7.79. The lowest BCUT2D eigenvalue weighted by atomic mass is 10.2. The van der Waals surface area contributed by atoms with Gasteiger partial charge in [-0.2, -0.15) is 4.98 Å². The van der Waals surface area contributed by atoms with Crippen LogP contribution in [0.1, 0.15) is 18.4 Å². The Hall–Kier alpha value is -3.28. The largest absolute Gasteiger partial charge is 0.369 e. The molecule has 4 N–H and O–H groups in total. The molecule has 0 radical (unpaired) electrons. The highest BCUT2D eigenvalue weighted by atomic mass is 35.5. The summed E-state index contributed by atoms with van der Waals surface area (Å²) in [5, 5.41) is 5.83. The highest BCUT2D eigenvalue weighted by Gasteiger charge is 2.20. The highest BCUT2D eigenvalue weighted by Crippen LogP contribution is 2.22. The van der Waals surface area contributed by atoms with Gasteiger partial charge in [-0.3, -0.25) is 0 Å². The summed E-state index contributed by atoms with van der Waals surface area (Å²) >= 11 is 5.67. The zero-order valence-corrected chi connectivity index (χ0v) is 21.6. The summed E-state index contributed by atoms with van der Waals surface area (Å²) in [7, 11) is -7.75. The molecular weight excluding hydrogens is 543 g/mol. The van der Waals surface area contributed by atoms with Crippen LogP contribution < -0.4 is 20.1 Å². The van der Waals surface area contributed by atoms with Crippen molar-refractivity contribution in [3.63, 3.8) is 0 Å². The molecule has 0 amide bonds. The quantitative estimate of drug-likeness (QED) is 0.280. The van der Waals surface area contributed by atoms with Crippen LogP contribution in [0.2, 0.25) is 5.02 Å². The summed E-state index contributed by atoms with van der Waals surface area (Å²) < 4.78 is 68.6. The van der Waals surface area contributed by atoms with E-state index in [0.29, 0.717) is 30.0 Å². The molecule has 0 saturated heterocycles. The van der Waals surface area contributed by atoms with Crippen LogP contribution >= 0.6 is 11.6 Å². The normalized spacial score (nSPS) is 15.0. The highest BCUT2D eigenvalue weighted by molar-refractivity contribution is 7.89. The molecule has 37 heavy (non-hydrogen) atoms. The van der Waals surface area contributed by atoms with Crippen LogP contribution in [0.5, 0.6) is 0 Å². The Kier molecular flexibility index (Phi) is 8.25. The molecule has 0 aliphatic carbocycles. The molecular formula is C23H22ClFN6O4S2. The van der Waals surface area contributed by atoms with Gasteiger partial charge in [0.1, 0.15) is 10.7 Å². The fourth-order valence-electron chi connectivity index (χ4n) is 3.30. The van der Waals surface area contributed by atoms with E-state index in [0.717, 1.165) is 6.07 Å². The molecule has 0 saturated carbocycles. The van der Waals surface area contributed by atoms with Crippen LogP contribution in [0.25, 0.3) is 0 Å². The molecule has 1 aromatic heterocycles. The molecule has 2 heterocycles. The second kappa shape index (κ2) is 11.4. The standard InChI is InChI=1S/C23H22ClFN6O4S2/c24-19-9-4-10-20(21(19)25)37(34,35)29-12-2-1-6-16-15-27-23-30-17-7-3-8-18(14-17)36(32,33)28-13-5-11-26-22(16)31-23/h3-4,7-10,14-15,28-29H,2,5,11-13H2,(H2,26,27,30,31). The summed E-state index contributed by atoms with van der Waals surface area (Å²) in [6, 6.07) is 10.0. The minimum absolute atomic E-state index is 0.0545. The van der Waals surface area contributed by atoms with E-state index in [2.05, 4.69) is 41.9 Å². The first-order chi connectivity index (χ1) is 17.7. The Labute approximate surface area is 219 Å². The summed E-state index contributed by atoms with van der Waals surface area (Å²) in [4.78, 5) is 8.29. The third-order valence-corrected chi connectivity index (χ3v) is 8.33. The number of sulfonamides is 2. The Morgan fingerprint density at radius 1 is 1.16 bits per heavy atom. The van der Waals surface area contributed by atoms with Crippen molar-refractivity contribution in [2.45, 2.75) is 22.6 Å². The van der Waals surface area contributed by atoms with Crippen LogP contribution in [0, 0.1) is 17.7 Å². The molecule has 0 spiro atoms. The van der Waals surface area contributed by atoms with Crippen molar-refractivity contribution >= 4 is 49.1 Å². The zero-order valence-electron chi connectivity index (χ0n) is 19.3. The number of aromatic nitrogens is 2. The van der Waals surface area contributed by atoms with Crippen LogP contribution in [0.4, 0.5) is 21.8 Å².